The molecular weight excluding hydrogens is 447 g/mol. The Labute approximate surface area is 203 Å². The van der Waals surface area contributed by atoms with Gasteiger partial charge in [-0.05, 0) is 42.2 Å². The van der Waals surface area contributed by atoms with Gasteiger partial charge in [0.1, 0.15) is 5.82 Å². The molecule has 2 amide bonds. The second-order valence-corrected chi connectivity index (χ2v) is 10.3. The van der Waals surface area contributed by atoms with Crippen molar-refractivity contribution in [2.75, 3.05) is 13.1 Å². The Morgan fingerprint density at radius 1 is 1.23 bits per heavy atom. The highest BCUT2D eigenvalue weighted by Gasteiger charge is 2.50. The van der Waals surface area contributed by atoms with Gasteiger partial charge >= 0.3 is 0 Å². The van der Waals surface area contributed by atoms with Gasteiger partial charge in [-0.15, -0.1) is 0 Å². The lowest BCUT2D eigenvalue weighted by Gasteiger charge is -2.50. The zero-order chi connectivity index (χ0) is 24.8. The van der Waals surface area contributed by atoms with E-state index in [1.54, 1.807) is 30.6 Å². The molecule has 3 aromatic rings. The number of hydrogen-bond acceptors (Lipinski definition) is 6. The number of nitrogens with one attached hydrogen (secondary N) is 1. The summed E-state index contributed by atoms with van der Waals surface area (Å²) in [7, 11) is 0. The number of amides is 2. The Morgan fingerprint density at radius 2 is 2.06 bits per heavy atom. The average molecular weight is 477 g/mol. The zero-order valence-corrected chi connectivity index (χ0v) is 19.9. The van der Waals surface area contributed by atoms with E-state index in [2.05, 4.69) is 20.2 Å². The molecule has 0 saturated carbocycles. The van der Waals surface area contributed by atoms with Gasteiger partial charge in [0.2, 0.25) is 11.8 Å². The van der Waals surface area contributed by atoms with E-state index in [-0.39, 0.29) is 29.2 Å². The van der Waals surface area contributed by atoms with Gasteiger partial charge in [0, 0.05) is 61.0 Å². The first-order valence-electron chi connectivity index (χ1n) is 11.9. The van der Waals surface area contributed by atoms with E-state index in [9.17, 15) is 14.7 Å². The van der Waals surface area contributed by atoms with Gasteiger partial charge < -0.3 is 5.11 Å². The number of aliphatic hydroxyl groups is 1. The molecule has 0 radical (unpaired) electrons. The van der Waals surface area contributed by atoms with E-state index in [0.29, 0.717) is 43.6 Å². The largest absolute Gasteiger partial charge is 0.384 e. The maximum Gasteiger partial charge on any atom is 0.234 e. The van der Waals surface area contributed by atoms with Crippen molar-refractivity contribution >= 4 is 22.7 Å². The lowest BCUT2D eigenvalue weighted by atomic mass is 9.66. The summed E-state index contributed by atoms with van der Waals surface area (Å²) in [5.41, 5.74) is 0.363. The Bertz CT molecular complexity index is 1300. The van der Waals surface area contributed by atoms with Crippen molar-refractivity contribution in [2.45, 2.75) is 51.2 Å². The van der Waals surface area contributed by atoms with Crippen molar-refractivity contribution < 1.29 is 19.1 Å². The minimum atomic E-state index is -1.37. The molecule has 2 aliphatic rings. The van der Waals surface area contributed by atoms with Crippen LogP contribution in [0, 0.1) is 11.2 Å². The first-order chi connectivity index (χ1) is 16.7. The molecule has 2 saturated heterocycles. The minimum Gasteiger partial charge on any atom is -0.384 e. The Kier molecular flexibility index (Phi) is 5.89. The van der Waals surface area contributed by atoms with Gasteiger partial charge in [-0.3, -0.25) is 29.8 Å². The van der Waals surface area contributed by atoms with Crippen LogP contribution in [0.4, 0.5) is 4.39 Å². The number of likely N-dealkylation sites (tertiary alicyclic amines) is 1. The maximum atomic E-state index is 16.0. The molecule has 2 atom stereocenters. The first-order valence-corrected chi connectivity index (χ1v) is 11.9. The number of fused-ring (bicyclic) bond motifs is 1. The molecule has 2 aliphatic heterocycles. The van der Waals surface area contributed by atoms with Gasteiger partial charge in [0.15, 0.2) is 0 Å². The fourth-order valence-corrected chi connectivity index (χ4v) is 5.51. The van der Waals surface area contributed by atoms with Crippen LogP contribution in [-0.2, 0) is 21.7 Å². The maximum absolute atomic E-state index is 16.0. The molecule has 1 unspecified atom stereocenters. The van der Waals surface area contributed by atoms with E-state index >= 15 is 4.39 Å². The number of halogens is 1. The molecular formula is C27H29FN4O3. The first kappa shape index (κ1) is 23.5. The summed E-state index contributed by atoms with van der Waals surface area (Å²) in [5, 5.41) is 14.5. The summed E-state index contributed by atoms with van der Waals surface area (Å²) in [6.45, 7) is 5.84. The molecule has 182 valence electrons. The highest BCUT2D eigenvalue weighted by atomic mass is 19.1. The highest BCUT2D eigenvalue weighted by Crippen LogP contribution is 2.48. The van der Waals surface area contributed by atoms with Crippen molar-refractivity contribution in [1.82, 2.24) is 20.2 Å². The van der Waals surface area contributed by atoms with Crippen molar-refractivity contribution in [2.24, 2.45) is 5.41 Å². The third-order valence-corrected chi connectivity index (χ3v) is 7.56. The molecule has 0 aliphatic carbocycles. The summed E-state index contributed by atoms with van der Waals surface area (Å²) >= 11 is 0. The van der Waals surface area contributed by atoms with Crippen molar-refractivity contribution in [3.8, 4) is 0 Å². The predicted molar refractivity (Wildman–Crippen MR) is 129 cm³/mol. The average Bonchev–Trinajstić information content (AvgIpc) is 2.82. The monoisotopic (exact) mass is 476 g/mol. The van der Waals surface area contributed by atoms with Crippen LogP contribution in [0.1, 0.15) is 55.7 Å². The van der Waals surface area contributed by atoms with E-state index < -0.39 is 22.8 Å². The van der Waals surface area contributed by atoms with Crippen LogP contribution >= 0.6 is 0 Å². The molecule has 2 aromatic heterocycles. The van der Waals surface area contributed by atoms with E-state index in [1.165, 1.54) is 0 Å². The molecule has 0 spiro atoms. The predicted octanol–water partition coefficient (Wildman–Crippen LogP) is 3.41. The Balaban J connectivity index is 1.46. The Hall–Kier alpha value is -3.23. The number of pyridine rings is 2. The minimum absolute atomic E-state index is 0.237. The molecule has 2 fully saturated rings. The van der Waals surface area contributed by atoms with Crippen LogP contribution in [-0.4, -0.2) is 44.9 Å². The van der Waals surface area contributed by atoms with Gasteiger partial charge in [0.25, 0.3) is 0 Å². The van der Waals surface area contributed by atoms with Crippen LogP contribution in [0.3, 0.4) is 0 Å². The SMILES string of the molecule is CC1(C)CN(Cc2cccnc2)CC[C@]1(O)c1ccc2ncc(C3CCC(=O)NC3=O)cc2c1F. The van der Waals surface area contributed by atoms with Gasteiger partial charge in [-0.25, -0.2) is 4.39 Å². The molecule has 8 heteroatoms. The lowest BCUT2D eigenvalue weighted by Crippen LogP contribution is -2.55. The number of aromatic nitrogens is 2. The number of piperidine rings is 2. The molecule has 7 nitrogen and oxygen atoms in total. The third kappa shape index (κ3) is 4.21. The molecule has 35 heavy (non-hydrogen) atoms. The fourth-order valence-electron chi connectivity index (χ4n) is 5.51. The van der Waals surface area contributed by atoms with Crippen LogP contribution in [0.25, 0.3) is 10.9 Å². The molecule has 4 heterocycles. The van der Waals surface area contributed by atoms with Crippen molar-refractivity contribution in [3.05, 3.63) is 71.4 Å². The fraction of sp³-hybridized carbons (Fsp3) is 0.407. The summed E-state index contributed by atoms with van der Waals surface area (Å²) in [6.07, 6.45) is 6.12. The number of nitrogens with zero attached hydrogens (tertiary/aromatic N) is 3. The van der Waals surface area contributed by atoms with Crippen molar-refractivity contribution in [3.63, 3.8) is 0 Å². The van der Waals surface area contributed by atoms with E-state index in [1.807, 2.05) is 32.2 Å². The molecule has 2 N–H and O–H groups in total. The number of carbonyl (C=O) groups excluding carboxylic acids is 2. The van der Waals surface area contributed by atoms with E-state index in [4.69, 9.17) is 0 Å². The highest BCUT2D eigenvalue weighted by molar-refractivity contribution is 6.01. The van der Waals surface area contributed by atoms with Crippen LogP contribution in [0.5, 0.6) is 0 Å². The number of benzene rings is 1. The van der Waals surface area contributed by atoms with Gasteiger partial charge in [-0.2, -0.15) is 0 Å². The number of imide groups is 1. The topological polar surface area (TPSA) is 95.4 Å². The smallest absolute Gasteiger partial charge is 0.234 e. The number of rotatable bonds is 4. The lowest BCUT2D eigenvalue weighted by molar-refractivity contribution is -0.134. The molecule has 0 bridgehead atoms. The van der Waals surface area contributed by atoms with Crippen LogP contribution in [0.15, 0.2) is 48.9 Å². The molecule has 5 rings (SSSR count). The van der Waals surface area contributed by atoms with E-state index in [0.717, 1.165) is 5.56 Å². The van der Waals surface area contributed by atoms with Crippen molar-refractivity contribution in [1.29, 1.82) is 0 Å². The summed E-state index contributed by atoms with van der Waals surface area (Å²) < 4.78 is 16.0. The summed E-state index contributed by atoms with van der Waals surface area (Å²) in [4.78, 5) is 34.7. The number of carbonyl (C=O) groups is 2. The van der Waals surface area contributed by atoms with Gasteiger partial charge in [-0.1, -0.05) is 26.0 Å². The quantitative estimate of drug-likeness (QED) is 0.561. The summed E-state index contributed by atoms with van der Waals surface area (Å²) in [6, 6.07) is 8.92. The number of hydrogen-bond donors (Lipinski definition) is 2. The third-order valence-electron chi connectivity index (χ3n) is 7.56. The second-order valence-electron chi connectivity index (χ2n) is 10.3. The second kappa shape index (κ2) is 8.77. The van der Waals surface area contributed by atoms with Crippen LogP contribution in [0.2, 0.25) is 0 Å². The standard InChI is InChI=1S/C27H29FN4O3/c1-26(2)16-32(15-17-4-3-10-29-13-17)11-9-27(26,35)21-6-7-22-20(24(21)28)12-18(14-30-22)19-5-8-23(33)31-25(19)34/h3-4,6-7,10,12-14,19,35H,5,8-9,11,15-16H2,1-2H3,(H,31,33,34)/t19?,27-/m0/s1. The summed E-state index contributed by atoms with van der Waals surface area (Å²) in [5.74, 6) is -1.75. The zero-order valence-electron chi connectivity index (χ0n) is 19.9. The van der Waals surface area contributed by atoms with Crippen LogP contribution < -0.4 is 5.32 Å². The van der Waals surface area contributed by atoms with Gasteiger partial charge in [0.05, 0.1) is 17.0 Å². The normalized spacial score (nSPS) is 25.0. The molecule has 1 aromatic carbocycles. The Morgan fingerprint density at radius 3 is 2.77 bits per heavy atom.